The van der Waals surface area contributed by atoms with Crippen LogP contribution in [-0.2, 0) is 22.6 Å². The van der Waals surface area contributed by atoms with Gasteiger partial charge in [0.15, 0.2) is 0 Å². The van der Waals surface area contributed by atoms with Crippen LogP contribution in [0.5, 0.6) is 0 Å². The Morgan fingerprint density at radius 1 is 1.61 bits per heavy atom. The molecule has 6 nitrogen and oxygen atoms in total. The highest BCUT2D eigenvalue weighted by Gasteiger charge is 2.27. The van der Waals surface area contributed by atoms with Gasteiger partial charge < -0.3 is 16.2 Å². The molecular weight excluding hydrogens is 232 g/mol. The molecule has 18 heavy (non-hydrogen) atoms. The fourth-order valence-corrected chi connectivity index (χ4v) is 2.06. The first kappa shape index (κ1) is 12.9. The van der Waals surface area contributed by atoms with Crippen molar-refractivity contribution in [1.82, 2.24) is 9.88 Å². The predicted molar refractivity (Wildman–Crippen MR) is 66.3 cm³/mol. The summed E-state index contributed by atoms with van der Waals surface area (Å²) in [6, 6.07) is 3.52. The molecule has 2 heterocycles. The quantitative estimate of drug-likeness (QED) is 0.731. The molecule has 6 heteroatoms. The number of amides is 1. The monoisotopic (exact) mass is 250 g/mol. The number of rotatable bonds is 4. The lowest BCUT2D eigenvalue weighted by Gasteiger charge is -2.33. The molecule has 1 aliphatic heterocycles. The van der Waals surface area contributed by atoms with E-state index in [0.717, 1.165) is 11.3 Å². The second-order valence-corrected chi connectivity index (χ2v) is 4.32. The summed E-state index contributed by atoms with van der Waals surface area (Å²) in [5, 5.41) is 0. The van der Waals surface area contributed by atoms with Gasteiger partial charge >= 0.3 is 0 Å². The van der Waals surface area contributed by atoms with Crippen molar-refractivity contribution < 1.29 is 9.53 Å². The van der Waals surface area contributed by atoms with Crippen molar-refractivity contribution in [2.24, 2.45) is 11.5 Å². The Kier molecular flexibility index (Phi) is 4.24. The zero-order valence-electron chi connectivity index (χ0n) is 10.2. The van der Waals surface area contributed by atoms with Gasteiger partial charge in [0.2, 0.25) is 5.91 Å². The van der Waals surface area contributed by atoms with Gasteiger partial charge in [-0.15, -0.1) is 0 Å². The standard InChI is InChI=1S/C12H18N4O2/c13-6-10-5-9(1-2-15-10)7-16-3-4-18-8-11(16)12(14)17/h1-2,5,11H,3-4,6-8,13H2,(H2,14,17). The van der Waals surface area contributed by atoms with Crippen molar-refractivity contribution in [3.8, 4) is 0 Å². The minimum absolute atomic E-state index is 0.345. The molecule has 2 rings (SSSR count). The zero-order chi connectivity index (χ0) is 13.0. The Labute approximate surface area is 106 Å². The first-order valence-corrected chi connectivity index (χ1v) is 5.95. The fourth-order valence-electron chi connectivity index (χ4n) is 2.06. The van der Waals surface area contributed by atoms with Crippen molar-refractivity contribution in [2.75, 3.05) is 19.8 Å². The van der Waals surface area contributed by atoms with Crippen LogP contribution >= 0.6 is 0 Å². The van der Waals surface area contributed by atoms with Gasteiger partial charge in [0.25, 0.3) is 0 Å². The van der Waals surface area contributed by atoms with E-state index in [9.17, 15) is 4.79 Å². The normalized spacial score (nSPS) is 20.8. The summed E-state index contributed by atoms with van der Waals surface area (Å²) < 4.78 is 5.28. The number of ether oxygens (including phenoxy) is 1. The first-order valence-electron chi connectivity index (χ1n) is 5.95. The fraction of sp³-hybridized carbons (Fsp3) is 0.500. The molecule has 0 aromatic carbocycles. The molecule has 1 fully saturated rings. The minimum Gasteiger partial charge on any atom is -0.378 e. The van der Waals surface area contributed by atoms with Crippen LogP contribution in [0.2, 0.25) is 0 Å². The van der Waals surface area contributed by atoms with Crippen LogP contribution in [0.15, 0.2) is 18.3 Å². The van der Waals surface area contributed by atoms with E-state index in [-0.39, 0.29) is 11.9 Å². The maximum Gasteiger partial charge on any atom is 0.237 e. The van der Waals surface area contributed by atoms with Crippen molar-refractivity contribution >= 4 is 5.91 Å². The molecular formula is C12H18N4O2. The van der Waals surface area contributed by atoms with Crippen LogP contribution in [0.3, 0.4) is 0 Å². The van der Waals surface area contributed by atoms with Crippen LogP contribution in [0.25, 0.3) is 0 Å². The number of morpholine rings is 1. The molecule has 98 valence electrons. The third-order valence-corrected chi connectivity index (χ3v) is 3.04. The molecule has 1 amide bonds. The van der Waals surface area contributed by atoms with Gasteiger partial charge in [0.1, 0.15) is 6.04 Å². The number of aromatic nitrogens is 1. The maximum atomic E-state index is 11.3. The second kappa shape index (κ2) is 5.90. The molecule has 4 N–H and O–H groups in total. The lowest BCUT2D eigenvalue weighted by molar-refractivity contribution is -0.129. The first-order chi connectivity index (χ1) is 8.70. The Morgan fingerprint density at radius 3 is 3.17 bits per heavy atom. The van der Waals surface area contributed by atoms with Crippen LogP contribution in [0, 0.1) is 0 Å². The minimum atomic E-state index is -0.353. The lowest BCUT2D eigenvalue weighted by atomic mass is 10.1. The van der Waals surface area contributed by atoms with Crippen LogP contribution in [0.4, 0.5) is 0 Å². The van der Waals surface area contributed by atoms with Crippen LogP contribution < -0.4 is 11.5 Å². The summed E-state index contributed by atoms with van der Waals surface area (Å²) in [5.74, 6) is -0.345. The van der Waals surface area contributed by atoms with Gasteiger partial charge in [-0.05, 0) is 17.7 Å². The van der Waals surface area contributed by atoms with Gasteiger partial charge in [-0.1, -0.05) is 0 Å². The van der Waals surface area contributed by atoms with E-state index in [4.69, 9.17) is 16.2 Å². The summed E-state index contributed by atoms with van der Waals surface area (Å²) in [5.41, 5.74) is 12.9. The van der Waals surface area contributed by atoms with Gasteiger partial charge in [0, 0.05) is 25.8 Å². The molecule has 1 unspecified atom stereocenters. The predicted octanol–water partition coefficient (Wildman–Crippen LogP) is -0.774. The highest BCUT2D eigenvalue weighted by molar-refractivity contribution is 5.80. The Morgan fingerprint density at radius 2 is 2.44 bits per heavy atom. The number of nitrogens with two attached hydrogens (primary N) is 2. The molecule has 0 aliphatic carbocycles. The summed E-state index contributed by atoms with van der Waals surface area (Å²) in [7, 11) is 0. The van der Waals surface area contributed by atoms with E-state index in [1.54, 1.807) is 6.20 Å². The van der Waals surface area contributed by atoms with E-state index in [1.807, 2.05) is 17.0 Å². The molecule has 1 atom stereocenters. The van der Waals surface area contributed by atoms with Crippen molar-refractivity contribution in [3.63, 3.8) is 0 Å². The zero-order valence-corrected chi connectivity index (χ0v) is 10.2. The largest absolute Gasteiger partial charge is 0.378 e. The van der Waals surface area contributed by atoms with Crippen LogP contribution in [0.1, 0.15) is 11.3 Å². The highest BCUT2D eigenvalue weighted by atomic mass is 16.5. The van der Waals surface area contributed by atoms with Crippen molar-refractivity contribution in [3.05, 3.63) is 29.6 Å². The SMILES string of the molecule is NCc1cc(CN2CCOCC2C(N)=O)ccn1. The third kappa shape index (κ3) is 3.04. The number of hydrogen-bond acceptors (Lipinski definition) is 5. The summed E-state index contributed by atoms with van der Waals surface area (Å²) >= 11 is 0. The smallest absolute Gasteiger partial charge is 0.237 e. The van der Waals surface area contributed by atoms with E-state index in [2.05, 4.69) is 4.98 Å². The number of hydrogen-bond donors (Lipinski definition) is 2. The van der Waals surface area contributed by atoms with Crippen molar-refractivity contribution in [2.45, 2.75) is 19.1 Å². The molecule has 1 aromatic rings. The molecule has 0 saturated carbocycles. The number of nitrogens with zero attached hydrogens (tertiary/aromatic N) is 2. The van der Waals surface area contributed by atoms with Crippen molar-refractivity contribution in [1.29, 1.82) is 0 Å². The van der Waals surface area contributed by atoms with E-state index < -0.39 is 0 Å². The second-order valence-electron chi connectivity index (χ2n) is 4.32. The summed E-state index contributed by atoms with van der Waals surface area (Å²) in [6.45, 7) is 2.76. The topological polar surface area (TPSA) is 94.5 Å². The molecule has 0 spiro atoms. The van der Waals surface area contributed by atoms with E-state index >= 15 is 0 Å². The number of carbonyl (C=O) groups is 1. The number of pyridine rings is 1. The Hall–Kier alpha value is -1.50. The molecule has 0 radical (unpaired) electrons. The summed E-state index contributed by atoms with van der Waals surface area (Å²) in [4.78, 5) is 17.5. The lowest BCUT2D eigenvalue weighted by Crippen LogP contribution is -2.51. The average molecular weight is 250 g/mol. The average Bonchev–Trinajstić information content (AvgIpc) is 2.39. The molecule has 1 aromatic heterocycles. The highest BCUT2D eigenvalue weighted by Crippen LogP contribution is 2.12. The Balaban J connectivity index is 2.08. The van der Waals surface area contributed by atoms with Gasteiger partial charge in [-0.25, -0.2) is 0 Å². The summed E-state index contributed by atoms with van der Waals surface area (Å²) in [6.07, 6.45) is 1.73. The van der Waals surface area contributed by atoms with Gasteiger partial charge in [-0.3, -0.25) is 14.7 Å². The van der Waals surface area contributed by atoms with E-state index in [1.165, 1.54) is 0 Å². The number of primary amides is 1. The van der Waals surface area contributed by atoms with E-state index in [0.29, 0.717) is 32.8 Å². The van der Waals surface area contributed by atoms with Crippen LogP contribution in [-0.4, -0.2) is 41.6 Å². The van der Waals surface area contributed by atoms with Gasteiger partial charge in [-0.2, -0.15) is 0 Å². The third-order valence-electron chi connectivity index (χ3n) is 3.04. The Bertz CT molecular complexity index is 424. The molecule has 1 saturated heterocycles. The molecule has 0 bridgehead atoms. The molecule has 1 aliphatic rings. The maximum absolute atomic E-state index is 11.3. The number of carbonyl (C=O) groups excluding carboxylic acids is 1. The van der Waals surface area contributed by atoms with Gasteiger partial charge in [0.05, 0.1) is 18.9 Å².